The Labute approximate surface area is 106 Å². The van der Waals surface area contributed by atoms with E-state index in [0.717, 1.165) is 12.6 Å². The molecule has 100 valence electrons. The fourth-order valence-electron chi connectivity index (χ4n) is 2.73. The van der Waals surface area contributed by atoms with Crippen LogP contribution in [0.2, 0.25) is 0 Å². The van der Waals surface area contributed by atoms with Crippen LogP contribution in [0.1, 0.15) is 39.5 Å². The Morgan fingerprint density at radius 3 is 2.76 bits per heavy atom. The predicted molar refractivity (Wildman–Crippen MR) is 71.3 cm³/mol. The summed E-state index contributed by atoms with van der Waals surface area (Å²) in [5.74, 6) is 0.716. The SMILES string of the molecule is COC1CN(C(C)CCNC2CC2)CCC1C. The molecule has 3 unspecified atom stereocenters. The topological polar surface area (TPSA) is 24.5 Å². The molecule has 0 aromatic rings. The molecule has 2 fully saturated rings. The van der Waals surface area contributed by atoms with E-state index >= 15 is 0 Å². The van der Waals surface area contributed by atoms with Crippen molar-refractivity contribution in [3.05, 3.63) is 0 Å². The normalized spacial score (nSPS) is 32.6. The third-order valence-electron chi connectivity index (χ3n) is 4.42. The first-order chi connectivity index (χ1) is 8.20. The van der Waals surface area contributed by atoms with Gasteiger partial charge in [0, 0.05) is 25.7 Å². The Hall–Kier alpha value is -0.120. The molecule has 0 amide bonds. The van der Waals surface area contributed by atoms with Crippen LogP contribution in [0.3, 0.4) is 0 Å². The second-order valence-corrected chi connectivity index (χ2v) is 5.90. The minimum absolute atomic E-state index is 0.433. The first-order valence-corrected chi connectivity index (χ1v) is 7.21. The van der Waals surface area contributed by atoms with Crippen molar-refractivity contribution >= 4 is 0 Å². The standard InChI is InChI=1S/C14H28N2O/c1-11-7-9-16(10-14(11)17-3)12(2)6-8-15-13-4-5-13/h11-15H,4-10H2,1-3H3. The Morgan fingerprint density at radius 2 is 2.12 bits per heavy atom. The van der Waals surface area contributed by atoms with Gasteiger partial charge in [0.25, 0.3) is 0 Å². The molecule has 1 aliphatic carbocycles. The van der Waals surface area contributed by atoms with Crippen molar-refractivity contribution in [3.8, 4) is 0 Å². The molecule has 0 aromatic carbocycles. The van der Waals surface area contributed by atoms with Crippen LogP contribution >= 0.6 is 0 Å². The molecule has 0 radical (unpaired) electrons. The lowest BCUT2D eigenvalue weighted by atomic mass is 9.94. The van der Waals surface area contributed by atoms with Crippen LogP contribution in [0.25, 0.3) is 0 Å². The van der Waals surface area contributed by atoms with E-state index in [4.69, 9.17) is 4.74 Å². The summed E-state index contributed by atoms with van der Waals surface area (Å²) in [5.41, 5.74) is 0. The molecule has 1 aliphatic heterocycles. The fourth-order valence-corrected chi connectivity index (χ4v) is 2.73. The lowest BCUT2D eigenvalue weighted by Gasteiger charge is -2.39. The van der Waals surface area contributed by atoms with Crippen molar-refractivity contribution < 1.29 is 4.74 Å². The molecule has 3 heteroatoms. The van der Waals surface area contributed by atoms with Crippen LogP contribution in [0.4, 0.5) is 0 Å². The molecule has 3 nitrogen and oxygen atoms in total. The second kappa shape index (κ2) is 6.17. The van der Waals surface area contributed by atoms with Gasteiger partial charge in [-0.1, -0.05) is 6.92 Å². The Kier molecular flexibility index (Phi) is 4.83. The van der Waals surface area contributed by atoms with Gasteiger partial charge in [-0.2, -0.15) is 0 Å². The number of hydrogen-bond acceptors (Lipinski definition) is 3. The molecule has 1 heterocycles. The highest BCUT2D eigenvalue weighted by atomic mass is 16.5. The van der Waals surface area contributed by atoms with E-state index in [1.165, 1.54) is 38.8 Å². The van der Waals surface area contributed by atoms with Gasteiger partial charge in [0.2, 0.25) is 0 Å². The molecule has 2 aliphatic rings. The third-order valence-corrected chi connectivity index (χ3v) is 4.42. The smallest absolute Gasteiger partial charge is 0.0724 e. The van der Waals surface area contributed by atoms with Crippen LogP contribution < -0.4 is 5.32 Å². The molecule has 2 rings (SSSR count). The van der Waals surface area contributed by atoms with Crippen molar-refractivity contribution in [1.29, 1.82) is 0 Å². The fraction of sp³-hybridized carbons (Fsp3) is 1.00. The minimum atomic E-state index is 0.433. The van der Waals surface area contributed by atoms with E-state index in [1.54, 1.807) is 0 Å². The lowest BCUT2D eigenvalue weighted by molar-refractivity contribution is -0.0175. The predicted octanol–water partition coefficient (Wildman–Crippen LogP) is 1.87. The Bertz CT molecular complexity index is 230. The molecular weight excluding hydrogens is 212 g/mol. The number of hydrogen-bond donors (Lipinski definition) is 1. The molecule has 17 heavy (non-hydrogen) atoms. The number of piperidine rings is 1. The van der Waals surface area contributed by atoms with Gasteiger partial charge in [0.05, 0.1) is 6.10 Å². The quantitative estimate of drug-likeness (QED) is 0.767. The van der Waals surface area contributed by atoms with Gasteiger partial charge < -0.3 is 10.1 Å². The monoisotopic (exact) mass is 240 g/mol. The lowest BCUT2D eigenvalue weighted by Crippen LogP contribution is -2.48. The summed E-state index contributed by atoms with van der Waals surface area (Å²) in [7, 11) is 1.85. The van der Waals surface area contributed by atoms with Crippen molar-refractivity contribution in [2.24, 2.45) is 5.92 Å². The number of methoxy groups -OCH3 is 1. The first-order valence-electron chi connectivity index (χ1n) is 7.21. The van der Waals surface area contributed by atoms with Crippen LogP contribution in [0, 0.1) is 5.92 Å². The van der Waals surface area contributed by atoms with Crippen molar-refractivity contribution in [2.75, 3.05) is 26.7 Å². The largest absolute Gasteiger partial charge is 0.380 e. The number of nitrogens with one attached hydrogen (secondary N) is 1. The summed E-state index contributed by atoms with van der Waals surface area (Å²) in [6.45, 7) is 8.20. The summed E-state index contributed by atoms with van der Waals surface area (Å²) in [6.07, 6.45) is 5.76. The van der Waals surface area contributed by atoms with Crippen LogP contribution in [0.5, 0.6) is 0 Å². The molecule has 0 bridgehead atoms. The van der Waals surface area contributed by atoms with Gasteiger partial charge in [-0.15, -0.1) is 0 Å². The molecule has 0 aromatic heterocycles. The molecule has 0 spiro atoms. The first kappa shape index (κ1) is 13.3. The minimum Gasteiger partial charge on any atom is -0.380 e. The van der Waals surface area contributed by atoms with Gasteiger partial charge in [-0.3, -0.25) is 4.90 Å². The summed E-state index contributed by atoms with van der Waals surface area (Å²) in [4.78, 5) is 2.60. The number of rotatable bonds is 6. The van der Waals surface area contributed by atoms with E-state index < -0.39 is 0 Å². The number of likely N-dealkylation sites (tertiary alicyclic amines) is 1. The van der Waals surface area contributed by atoms with Gasteiger partial charge >= 0.3 is 0 Å². The van der Waals surface area contributed by atoms with Gasteiger partial charge in [-0.25, -0.2) is 0 Å². The highest BCUT2D eigenvalue weighted by Crippen LogP contribution is 2.22. The average molecular weight is 240 g/mol. The van der Waals surface area contributed by atoms with E-state index in [2.05, 4.69) is 24.1 Å². The second-order valence-electron chi connectivity index (χ2n) is 5.90. The number of ether oxygens (including phenoxy) is 1. The van der Waals surface area contributed by atoms with E-state index in [1.807, 2.05) is 7.11 Å². The van der Waals surface area contributed by atoms with Crippen LogP contribution in [-0.4, -0.2) is 49.8 Å². The summed E-state index contributed by atoms with van der Waals surface area (Å²) in [6, 6.07) is 1.53. The van der Waals surface area contributed by atoms with E-state index in [-0.39, 0.29) is 0 Å². The number of nitrogens with zero attached hydrogens (tertiary/aromatic N) is 1. The molecular formula is C14H28N2O. The van der Waals surface area contributed by atoms with E-state index in [9.17, 15) is 0 Å². The maximum absolute atomic E-state index is 5.58. The molecule has 1 saturated heterocycles. The molecule has 3 atom stereocenters. The third kappa shape index (κ3) is 3.94. The summed E-state index contributed by atoms with van der Waals surface area (Å²) >= 11 is 0. The summed E-state index contributed by atoms with van der Waals surface area (Å²) < 4.78 is 5.58. The highest BCUT2D eigenvalue weighted by Gasteiger charge is 2.28. The Morgan fingerprint density at radius 1 is 1.35 bits per heavy atom. The average Bonchev–Trinajstić information content (AvgIpc) is 3.13. The highest BCUT2D eigenvalue weighted by molar-refractivity contribution is 4.84. The van der Waals surface area contributed by atoms with Gasteiger partial charge in [0.15, 0.2) is 0 Å². The maximum Gasteiger partial charge on any atom is 0.0724 e. The van der Waals surface area contributed by atoms with Gasteiger partial charge in [0.1, 0.15) is 0 Å². The van der Waals surface area contributed by atoms with E-state index in [0.29, 0.717) is 18.1 Å². The molecule has 1 N–H and O–H groups in total. The zero-order valence-electron chi connectivity index (χ0n) is 11.6. The summed E-state index contributed by atoms with van der Waals surface area (Å²) in [5, 5.41) is 3.60. The van der Waals surface area contributed by atoms with Crippen molar-refractivity contribution in [3.63, 3.8) is 0 Å². The zero-order valence-corrected chi connectivity index (χ0v) is 11.6. The van der Waals surface area contributed by atoms with Crippen molar-refractivity contribution in [2.45, 2.75) is 57.7 Å². The maximum atomic E-state index is 5.58. The zero-order chi connectivity index (χ0) is 12.3. The van der Waals surface area contributed by atoms with Gasteiger partial charge in [-0.05, 0) is 51.6 Å². The van der Waals surface area contributed by atoms with Crippen LogP contribution in [0.15, 0.2) is 0 Å². The van der Waals surface area contributed by atoms with Crippen molar-refractivity contribution in [1.82, 2.24) is 10.2 Å². The van der Waals surface area contributed by atoms with Crippen LogP contribution in [-0.2, 0) is 4.74 Å². The Balaban J connectivity index is 1.68. The molecule has 1 saturated carbocycles.